The van der Waals surface area contributed by atoms with Gasteiger partial charge in [-0.25, -0.2) is 0 Å². The topological polar surface area (TPSA) is 44.5 Å². The summed E-state index contributed by atoms with van der Waals surface area (Å²) in [5.41, 5.74) is 8.43. The number of hydrogen-bond acceptors (Lipinski definition) is 3. The van der Waals surface area contributed by atoms with Crippen molar-refractivity contribution in [3.05, 3.63) is 46.5 Å². The standard InChI is InChI=1S/C16H18ClNO2/c1-4-19-14-7-13(18)8-15(9-14)20-16-10(2)5-12(17)6-11(16)3/h5-9H,4,18H2,1-3H3. The highest BCUT2D eigenvalue weighted by Crippen LogP contribution is 2.33. The Morgan fingerprint density at radius 2 is 1.60 bits per heavy atom. The number of hydrogen-bond donors (Lipinski definition) is 1. The summed E-state index contributed by atoms with van der Waals surface area (Å²) in [5.74, 6) is 2.15. The predicted molar refractivity (Wildman–Crippen MR) is 83.0 cm³/mol. The molecular weight excluding hydrogens is 274 g/mol. The second-order valence-corrected chi connectivity index (χ2v) is 5.08. The molecule has 2 rings (SSSR count). The second-order valence-electron chi connectivity index (χ2n) is 4.64. The van der Waals surface area contributed by atoms with E-state index < -0.39 is 0 Å². The molecular formula is C16H18ClNO2. The highest BCUT2D eigenvalue weighted by atomic mass is 35.5. The second kappa shape index (κ2) is 6.06. The average Bonchev–Trinajstić information content (AvgIpc) is 2.33. The Morgan fingerprint density at radius 1 is 1.00 bits per heavy atom. The summed E-state index contributed by atoms with van der Waals surface area (Å²) in [6, 6.07) is 9.13. The number of halogens is 1. The number of aryl methyl sites for hydroxylation is 2. The Bertz CT molecular complexity index is 603. The van der Waals surface area contributed by atoms with Crippen LogP contribution in [-0.2, 0) is 0 Å². The molecule has 2 aromatic carbocycles. The van der Waals surface area contributed by atoms with Gasteiger partial charge in [0.2, 0.25) is 0 Å². The summed E-state index contributed by atoms with van der Waals surface area (Å²) >= 11 is 6.02. The van der Waals surface area contributed by atoms with Crippen LogP contribution < -0.4 is 15.2 Å². The van der Waals surface area contributed by atoms with E-state index in [-0.39, 0.29) is 0 Å². The molecule has 0 saturated carbocycles. The molecule has 0 atom stereocenters. The van der Waals surface area contributed by atoms with E-state index in [0.717, 1.165) is 16.9 Å². The maximum atomic E-state index is 6.02. The van der Waals surface area contributed by atoms with Gasteiger partial charge < -0.3 is 15.2 Å². The van der Waals surface area contributed by atoms with Crippen LogP contribution >= 0.6 is 11.6 Å². The van der Waals surface area contributed by atoms with E-state index in [9.17, 15) is 0 Å². The molecule has 0 aliphatic rings. The molecule has 0 aliphatic carbocycles. The van der Waals surface area contributed by atoms with Crippen LogP contribution in [0.5, 0.6) is 17.2 Å². The van der Waals surface area contributed by atoms with Crippen LogP contribution in [-0.4, -0.2) is 6.61 Å². The fraction of sp³-hybridized carbons (Fsp3) is 0.250. The van der Waals surface area contributed by atoms with Crippen molar-refractivity contribution in [2.24, 2.45) is 0 Å². The van der Waals surface area contributed by atoms with Gasteiger partial charge in [0.1, 0.15) is 17.2 Å². The third kappa shape index (κ3) is 3.36. The Morgan fingerprint density at radius 3 is 2.20 bits per heavy atom. The zero-order valence-corrected chi connectivity index (χ0v) is 12.6. The highest BCUT2D eigenvalue weighted by molar-refractivity contribution is 6.30. The van der Waals surface area contributed by atoms with E-state index in [2.05, 4.69) is 0 Å². The Kier molecular flexibility index (Phi) is 4.40. The van der Waals surface area contributed by atoms with Gasteiger partial charge in [0, 0.05) is 28.9 Å². The highest BCUT2D eigenvalue weighted by Gasteiger charge is 2.09. The molecule has 0 heterocycles. The van der Waals surface area contributed by atoms with Crippen molar-refractivity contribution in [3.8, 4) is 17.2 Å². The quantitative estimate of drug-likeness (QED) is 0.828. The van der Waals surface area contributed by atoms with Crippen molar-refractivity contribution >= 4 is 17.3 Å². The number of nitrogen functional groups attached to an aromatic ring is 1. The van der Waals surface area contributed by atoms with Gasteiger partial charge in [-0.2, -0.15) is 0 Å². The molecule has 4 heteroatoms. The molecule has 0 bridgehead atoms. The van der Waals surface area contributed by atoms with Gasteiger partial charge in [-0.3, -0.25) is 0 Å². The lowest BCUT2D eigenvalue weighted by molar-refractivity contribution is 0.338. The van der Waals surface area contributed by atoms with Crippen LogP contribution in [0.15, 0.2) is 30.3 Å². The van der Waals surface area contributed by atoms with Crippen molar-refractivity contribution in [1.82, 2.24) is 0 Å². The van der Waals surface area contributed by atoms with E-state index in [4.69, 9.17) is 26.8 Å². The SMILES string of the molecule is CCOc1cc(N)cc(Oc2c(C)cc(Cl)cc2C)c1. The number of anilines is 1. The molecule has 2 N–H and O–H groups in total. The van der Waals surface area contributed by atoms with Crippen LogP contribution in [0.1, 0.15) is 18.1 Å². The third-order valence-electron chi connectivity index (χ3n) is 2.86. The molecule has 0 radical (unpaired) electrons. The summed E-state index contributed by atoms with van der Waals surface area (Å²) < 4.78 is 11.4. The first-order valence-corrected chi connectivity index (χ1v) is 6.85. The Balaban J connectivity index is 2.35. The van der Waals surface area contributed by atoms with Gasteiger partial charge in [0.05, 0.1) is 6.61 Å². The van der Waals surface area contributed by atoms with Crippen LogP contribution in [0.3, 0.4) is 0 Å². The summed E-state index contributed by atoms with van der Waals surface area (Å²) in [6.07, 6.45) is 0. The van der Waals surface area contributed by atoms with Crippen LogP contribution in [0.4, 0.5) is 5.69 Å². The van der Waals surface area contributed by atoms with Gasteiger partial charge in [-0.1, -0.05) is 11.6 Å². The van der Waals surface area contributed by atoms with Gasteiger partial charge in [0.25, 0.3) is 0 Å². The van der Waals surface area contributed by atoms with E-state index in [1.807, 2.05) is 39.0 Å². The van der Waals surface area contributed by atoms with Gasteiger partial charge in [0.15, 0.2) is 0 Å². The van der Waals surface area contributed by atoms with Crippen molar-refractivity contribution in [2.75, 3.05) is 12.3 Å². The molecule has 0 aromatic heterocycles. The monoisotopic (exact) mass is 291 g/mol. The first kappa shape index (κ1) is 14.5. The fourth-order valence-electron chi connectivity index (χ4n) is 2.08. The van der Waals surface area contributed by atoms with E-state index >= 15 is 0 Å². The molecule has 2 aromatic rings. The Labute approximate surface area is 124 Å². The van der Waals surface area contributed by atoms with E-state index in [1.165, 1.54) is 0 Å². The molecule has 3 nitrogen and oxygen atoms in total. The minimum Gasteiger partial charge on any atom is -0.494 e. The first-order chi connectivity index (χ1) is 9.49. The van der Waals surface area contributed by atoms with Crippen molar-refractivity contribution in [1.29, 1.82) is 0 Å². The van der Waals surface area contributed by atoms with E-state index in [1.54, 1.807) is 12.1 Å². The smallest absolute Gasteiger partial charge is 0.133 e. The number of benzene rings is 2. The van der Waals surface area contributed by atoms with Gasteiger partial charge in [-0.05, 0) is 44.0 Å². The average molecular weight is 292 g/mol. The van der Waals surface area contributed by atoms with Gasteiger partial charge >= 0.3 is 0 Å². The van der Waals surface area contributed by atoms with Crippen LogP contribution in [0, 0.1) is 13.8 Å². The van der Waals surface area contributed by atoms with Crippen molar-refractivity contribution in [3.63, 3.8) is 0 Å². The Hall–Kier alpha value is -1.87. The zero-order chi connectivity index (χ0) is 14.7. The molecule has 0 fully saturated rings. The summed E-state index contributed by atoms with van der Waals surface area (Å²) in [4.78, 5) is 0. The van der Waals surface area contributed by atoms with E-state index in [0.29, 0.717) is 28.8 Å². The largest absolute Gasteiger partial charge is 0.494 e. The minimum absolute atomic E-state index is 0.585. The fourth-order valence-corrected chi connectivity index (χ4v) is 2.41. The lowest BCUT2D eigenvalue weighted by atomic mass is 10.1. The zero-order valence-electron chi connectivity index (χ0n) is 11.9. The molecule has 20 heavy (non-hydrogen) atoms. The first-order valence-electron chi connectivity index (χ1n) is 6.47. The van der Waals surface area contributed by atoms with Gasteiger partial charge in [-0.15, -0.1) is 0 Å². The predicted octanol–water partition coefficient (Wildman–Crippen LogP) is 4.73. The number of rotatable bonds is 4. The third-order valence-corrected chi connectivity index (χ3v) is 3.08. The number of nitrogens with two attached hydrogens (primary N) is 1. The van der Waals surface area contributed by atoms with Crippen LogP contribution in [0.25, 0.3) is 0 Å². The summed E-state index contributed by atoms with van der Waals surface area (Å²) in [6.45, 7) is 6.44. The maximum Gasteiger partial charge on any atom is 0.133 e. The molecule has 0 saturated heterocycles. The molecule has 0 aliphatic heterocycles. The van der Waals surface area contributed by atoms with Crippen molar-refractivity contribution in [2.45, 2.75) is 20.8 Å². The summed E-state index contributed by atoms with van der Waals surface area (Å²) in [7, 11) is 0. The molecule has 106 valence electrons. The summed E-state index contributed by atoms with van der Waals surface area (Å²) in [5, 5.41) is 0.704. The van der Waals surface area contributed by atoms with Crippen molar-refractivity contribution < 1.29 is 9.47 Å². The molecule has 0 amide bonds. The molecule has 0 spiro atoms. The minimum atomic E-state index is 0.585. The lowest BCUT2D eigenvalue weighted by Crippen LogP contribution is -1.96. The maximum absolute atomic E-state index is 6.02. The normalized spacial score (nSPS) is 10.4. The molecule has 0 unspecified atom stereocenters. The lowest BCUT2D eigenvalue weighted by Gasteiger charge is -2.14. The number of ether oxygens (including phenoxy) is 2. The van der Waals surface area contributed by atoms with Crippen LogP contribution in [0.2, 0.25) is 5.02 Å².